The van der Waals surface area contributed by atoms with E-state index >= 15 is 4.39 Å². The van der Waals surface area contributed by atoms with Crippen molar-refractivity contribution >= 4 is 52.4 Å². The number of thiophene rings is 1. The molecule has 1 aromatic heterocycles. The first-order valence-corrected chi connectivity index (χ1v) is 13.5. The van der Waals surface area contributed by atoms with Crippen molar-refractivity contribution in [1.29, 1.82) is 0 Å². The van der Waals surface area contributed by atoms with Crippen molar-refractivity contribution in [3.8, 4) is 0 Å². The Balaban J connectivity index is 2.09. The van der Waals surface area contributed by atoms with E-state index in [4.69, 9.17) is 16.3 Å². The van der Waals surface area contributed by atoms with E-state index in [-0.39, 0.29) is 52.5 Å². The Morgan fingerprint density at radius 1 is 1.05 bits per heavy atom. The lowest BCUT2D eigenvalue weighted by Crippen LogP contribution is -2.40. The van der Waals surface area contributed by atoms with Crippen LogP contribution in [0.25, 0.3) is 0 Å². The second kappa shape index (κ2) is 13.6. The lowest BCUT2D eigenvalue weighted by Gasteiger charge is -2.25. The molecule has 1 aliphatic rings. The van der Waals surface area contributed by atoms with Crippen LogP contribution in [0.15, 0.2) is 35.4 Å². The van der Waals surface area contributed by atoms with Crippen LogP contribution in [0.1, 0.15) is 67.1 Å². The maximum Gasteiger partial charge on any atom is 0.334 e. The van der Waals surface area contributed by atoms with Crippen LogP contribution >= 0.6 is 22.9 Å². The number of hydrogen-bond acceptors (Lipinski definition) is 7. The summed E-state index contributed by atoms with van der Waals surface area (Å²) in [5.74, 6) is -4.09. The van der Waals surface area contributed by atoms with Gasteiger partial charge in [0.15, 0.2) is 0 Å². The number of imide groups is 1. The molecule has 0 fully saturated rings. The summed E-state index contributed by atoms with van der Waals surface area (Å²) in [5.41, 5.74) is -0.660. The van der Waals surface area contributed by atoms with Crippen molar-refractivity contribution < 1.29 is 37.4 Å². The predicted octanol–water partition coefficient (Wildman–Crippen LogP) is 6.17. The van der Waals surface area contributed by atoms with Gasteiger partial charge in [0.25, 0.3) is 11.8 Å². The van der Waals surface area contributed by atoms with Crippen LogP contribution in [-0.4, -0.2) is 37.5 Å². The van der Waals surface area contributed by atoms with Gasteiger partial charge in [-0.05, 0) is 50.3 Å². The Kier molecular flexibility index (Phi) is 10.6. The van der Waals surface area contributed by atoms with E-state index in [1.54, 1.807) is 0 Å². The van der Waals surface area contributed by atoms with E-state index in [9.17, 15) is 23.6 Å². The number of amides is 2. The smallest absolute Gasteiger partial charge is 0.334 e. The zero-order chi connectivity index (χ0) is 27.8. The van der Waals surface area contributed by atoms with Gasteiger partial charge >= 0.3 is 11.9 Å². The van der Waals surface area contributed by atoms with Crippen LogP contribution in [-0.2, 0) is 30.3 Å². The summed E-state index contributed by atoms with van der Waals surface area (Å²) in [7, 11) is 1.16. The first-order valence-electron chi connectivity index (χ1n) is 12.3. The average molecular weight is 568 g/mol. The maximum absolute atomic E-state index is 15.3. The number of unbranched alkanes of at least 4 members (excludes halogenated alkanes) is 2. The van der Waals surface area contributed by atoms with E-state index in [0.29, 0.717) is 35.5 Å². The minimum Gasteiger partial charge on any atom is -0.469 e. The monoisotopic (exact) mass is 567 g/mol. The van der Waals surface area contributed by atoms with Crippen molar-refractivity contribution in [3.05, 3.63) is 61.8 Å². The fraction of sp³-hybridized carbons (Fsp3) is 0.407. The molecule has 0 saturated carbocycles. The number of benzene rings is 1. The highest BCUT2D eigenvalue weighted by molar-refractivity contribution is 7.11. The van der Waals surface area contributed by atoms with Crippen molar-refractivity contribution in [1.82, 2.24) is 0 Å². The quantitative estimate of drug-likeness (QED) is 0.194. The Bertz CT molecular complexity index is 1260. The molecule has 2 aromatic rings. The van der Waals surface area contributed by atoms with Gasteiger partial charge in [-0.2, -0.15) is 4.39 Å². The number of methoxy groups -OCH3 is 1. The van der Waals surface area contributed by atoms with Crippen LogP contribution in [0, 0.1) is 10.9 Å². The second-order valence-electron chi connectivity index (χ2n) is 8.68. The molecule has 2 amide bonds. The van der Waals surface area contributed by atoms with Crippen LogP contribution in [0.3, 0.4) is 0 Å². The molecule has 204 valence electrons. The molecule has 0 N–H and O–H groups in total. The third kappa shape index (κ3) is 6.85. The van der Waals surface area contributed by atoms with E-state index < -0.39 is 40.4 Å². The van der Waals surface area contributed by atoms with Gasteiger partial charge in [-0.15, -0.1) is 11.3 Å². The fourth-order valence-electron chi connectivity index (χ4n) is 4.07. The molecule has 0 bridgehead atoms. The standard InChI is InChI=1S/C27H28ClF2NO6S/c1-3-4-7-13-37-27(35)19-12-6-5-11-18(19)26(34)31(25(33)16-9-8-10-17(29)14-16)23-22(28)20(38-24(23)30)15-21(32)36-2/h8-10,14H,3-7,11-13,15H2,1-2H3. The molecule has 0 spiro atoms. The number of carbonyl (C=O) groups is 4. The Labute approximate surface area is 228 Å². The zero-order valence-electron chi connectivity index (χ0n) is 21.1. The number of anilines is 1. The molecule has 1 aliphatic carbocycles. The number of rotatable bonds is 10. The number of esters is 2. The lowest BCUT2D eigenvalue weighted by molar-refractivity contribution is -0.140. The van der Waals surface area contributed by atoms with Gasteiger partial charge < -0.3 is 9.47 Å². The SMILES string of the molecule is CCCCCOC(=O)C1=C(C(=O)N(C(=O)c2cccc(F)c2)c2c(F)sc(CC(=O)OC)c2Cl)CCCC1. The number of halogens is 3. The average Bonchev–Trinajstić information content (AvgIpc) is 3.18. The van der Waals surface area contributed by atoms with Gasteiger partial charge in [0, 0.05) is 21.6 Å². The summed E-state index contributed by atoms with van der Waals surface area (Å²) >= 11 is 6.89. The molecule has 38 heavy (non-hydrogen) atoms. The molecule has 0 unspecified atom stereocenters. The van der Waals surface area contributed by atoms with Gasteiger partial charge in [0.05, 0.1) is 25.2 Å². The molecule has 1 aromatic carbocycles. The number of nitrogens with zero attached hydrogens (tertiary/aromatic N) is 1. The molecule has 0 radical (unpaired) electrons. The van der Waals surface area contributed by atoms with E-state index in [0.717, 1.165) is 32.1 Å². The summed E-state index contributed by atoms with van der Waals surface area (Å²) in [6, 6.07) is 4.58. The largest absolute Gasteiger partial charge is 0.469 e. The summed E-state index contributed by atoms with van der Waals surface area (Å²) in [5, 5.41) is -1.32. The van der Waals surface area contributed by atoms with Gasteiger partial charge in [-0.3, -0.25) is 14.4 Å². The van der Waals surface area contributed by atoms with Crippen LogP contribution in [0.4, 0.5) is 14.5 Å². The maximum atomic E-state index is 15.3. The van der Waals surface area contributed by atoms with Gasteiger partial charge in [-0.1, -0.05) is 37.4 Å². The van der Waals surface area contributed by atoms with Gasteiger partial charge in [0.2, 0.25) is 5.13 Å². The van der Waals surface area contributed by atoms with E-state index in [2.05, 4.69) is 4.74 Å². The highest BCUT2D eigenvalue weighted by atomic mass is 35.5. The van der Waals surface area contributed by atoms with Crippen LogP contribution in [0.5, 0.6) is 0 Å². The predicted molar refractivity (Wildman–Crippen MR) is 139 cm³/mol. The highest BCUT2D eigenvalue weighted by Crippen LogP contribution is 2.41. The van der Waals surface area contributed by atoms with Gasteiger partial charge in [-0.25, -0.2) is 14.1 Å². The highest BCUT2D eigenvalue weighted by Gasteiger charge is 2.37. The molecule has 7 nitrogen and oxygen atoms in total. The summed E-state index contributed by atoms with van der Waals surface area (Å²) in [4.78, 5) is 52.7. The number of carbonyl (C=O) groups excluding carboxylic acids is 4. The minimum atomic E-state index is -1.04. The molecular weight excluding hydrogens is 540 g/mol. The Morgan fingerprint density at radius 3 is 2.42 bits per heavy atom. The Hall–Kier alpha value is -3.11. The van der Waals surface area contributed by atoms with Crippen LogP contribution < -0.4 is 4.90 Å². The fourth-order valence-corrected chi connectivity index (χ4v) is 5.36. The lowest BCUT2D eigenvalue weighted by atomic mass is 9.90. The van der Waals surface area contributed by atoms with E-state index in [1.165, 1.54) is 12.1 Å². The second-order valence-corrected chi connectivity index (χ2v) is 10.1. The Morgan fingerprint density at radius 2 is 1.76 bits per heavy atom. The van der Waals surface area contributed by atoms with Crippen LogP contribution in [0.2, 0.25) is 5.02 Å². The van der Waals surface area contributed by atoms with Crippen molar-refractivity contribution in [2.24, 2.45) is 0 Å². The normalized spacial score (nSPS) is 13.3. The summed E-state index contributed by atoms with van der Waals surface area (Å²) in [6.07, 6.45) is 3.69. The topological polar surface area (TPSA) is 90.0 Å². The summed E-state index contributed by atoms with van der Waals surface area (Å²) in [6.45, 7) is 2.20. The molecule has 11 heteroatoms. The zero-order valence-corrected chi connectivity index (χ0v) is 22.7. The molecule has 0 saturated heterocycles. The van der Waals surface area contributed by atoms with Gasteiger partial charge in [0.1, 0.15) is 11.5 Å². The summed E-state index contributed by atoms with van der Waals surface area (Å²) < 4.78 is 39.3. The molecule has 0 aliphatic heterocycles. The minimum absolute atomic E-state index is 0.0117. The molecular formula is C27H28ClF2NO6S. The first-order chi connectivity index (χ1) is 18.2. The van der Waals surface area contributed by atoms with E-state index in [1.807, 2.05) is 6.92 Å². The molecule has 3 rings (SSSR count). The van der Waals surface area contributed by atoms with Crippen molar-refractivity contribution in [3.63, 3.8) is 0 Å². The number of hydrogen-bond donors (Lipinski definition) is 0. The first kappa shape index (κ1) is 29.4. The molecule has 0 atom stereocenters. The molecule has 1 heterocycles. The number of ether oxygens (including phenoxy) is 2. The third-order valence-electron chi connectivity index (χ3n) is 6.04. The van der Waals surface area contributed by atoms with Crippen molar-refractivity contribution in [2.45, 2.75) is 58.3 Å². The third-order valence-corrected chi connectivity index (χ3v) is 7.53. The van der Waals surface area contributed by atoms with Crippen molar-refractivity contribution in [2.75, 3.05) is 18.6 Å².